The predicted molar refractivity (Wildman–Crippen MR) is 93.4 cm³/mol. The summed E-state index contributed by atoms with van der Waals surface area (Å²) < 4.78 is 0. The van der Waals surface area contributed by atoms with Gasteiger partial charge in [-0.25, -0.2) is 0 Å². The van der Waals surface area contributed by atoms with E-state index in [0.717, 1.165) is 6.42 Å². The lowest BCUT2D eigenvalue weighted by molar-refractivity contribution is 0.589. The first-order chi connectivity index (χ1) is 9.97. The van der Waals surface area contributed by atoms with Crippen molar-refractivity contribution in [3.8, 4) is 0 Å². The number of fused-ring (bicyclic) bond motifs is 1. The summed E-state index contributed by atoms with van der Waals surface area (Å²) in [5, 5.41) is 3.66. The van der Waals surface area contributed by atoms with Gasteiger partial charge in [-0.2, -0.15) is 0 Å². The molecule has 1 aliphatic rings. The highest BCUT2D eigenvalue weighted by atomic mass is 32.2. The van der Waals surface area contributed by atoms with Gasteiger partial charge in [0, 0.05) is 10.6 Å². The van der Waals surface area contributed by atoms with E-state index in [-0.39, 0.29) is 5.41 Å². The van der Waals surface area contributed by atoms with Gasteiger partial charge in [-0.15, -0.1) is 11.8 Å². The third-order valence-electron chi connectivity index (χ3n) is 4.24. The fourth-order valence-electron chi connectivity index (χ4n) is 2.87. The fraction of sp³-hybridized carbons (Fsp3) is 0.368. The third-order valence-corrected chi connectivity index (χ3v) is 4.99. The van der Waals surface area contributed by atoms with Crippen molar-refractivity contribution in [3.63, 3.8) is 0 Å². The molecule has 1 aliphatic heterocycles. The quantitative estimate of drug-likeness (QED) is 0.743. The van der Waals surface area contributed by atoms with Crippen LogP contribution < -0.4 is 5.32 Å². The van der Waals surface area contributed by atoms with Gasteiger partial charge in [-0.1, -0.05) is 45.0 Å². The molecule has 1 N–H and O–H groups in total. The molecule has 0 amide bonds. The monoisotopic (exact) mass is 297 g/mol. The molecule has 0 radical (unpaired) electrons. The number of anilines is 1. The molecule has 3 rings (SSSR count). The van der Waals surface area contributed by atoms with Crippen molar-refractivity contribution in [2.24, 2.45) is 0 Å². The van der Waals surface area contributed by atoms with E-state index < -0.39 is 0 Å². The van der Waals surface area contributed by atoms with E-state index in [4.69, 9.17) is 0 Å². The van der Waals surface area contributed by atoms with Gasteiger partial charge in [0.2, 0.25) is 0 Å². The summed E-state index contributed by atoms with van der Waals surface area (Å²) in [5.41, 5.74) is 5.75. The highest BCUT2D eigenvalue weighted by Gasteiger charge is 2.24. The van der Waals surface area contributed by atoms with E-state index in [0.29, 0.717) is 6.04 Å². The second-order valence-corrected chi connectivity index (χ2v) is 7.68. The van der Waals surface area contributed by atoms with Crippen LogP contribution in [0.5, 0.6) is 0 Å². The van der Waals surface area contributed by atoms with Crippen LogP contribution in [0.25, 0.3) is 0 Å². The van der Waals surface area contributed by atoms with Gasteiger partial charge in [-0.3, -0.25) is 0 Å². The molecule has 0 spiro atoms. The lowest BCUT2D eigenvalue weighted by Gasteiger charge is -2.19. The Bertz CT molecular complexity index is 638. The van der Waals surface area contributed by atoms with Crippen LogP contribution in [0.4, 0.5) is 5.69 Å². The van der Waals surface area contributed by atoms with Crippen molar-refractivity contribution < 1.29 is 0 Å². The Morgan fingerprint density at radius 3 is 2.38 bits per heavy atom. The van der Waals surface area contributed by atoms with Gasteiger partial charge in [0.1, 0.15) is 0 Å². The normalized spacial score (nSPS) is 17.4. The fourth-order valence-corrected chi connectivity index (χ4v) is 3.27. The van der Waals surface area contributed by atoms with Gasteiger partial charge >= 0.3 is 0 Å². The predicted octanol–water partition coefficient (Wildman–Crippen LogP) is 5.42. The van der Waals surface area contributed by atoms with E-state index in [1.165, 1.54) is 27.3 Å². The molecule has 0 fully saturated rings. The third kappa shape index (κ3) is 2.96. The van der Waals surface area contributed by atoms with Gasteiger partial charge in [0.25, 0.3) is 0 Å². The smallest absolute Gasteiger partial charge is 0.0555 e. The molecule has 1 unspecified atom stereocenters. The van der Waals surface area contributed by atoms with Crippen molar-refractivity contribution in [1.29, 1.82) is 0 Å². The summed E-state index contributed by atoms with van der Waals surface area (Å²) in [6, 6.07) is 16.2. The van der Waals surface area contributed by atoms with Crippen LogP contribution in [0.15, 0.2) is 47.4 Å². The molecule has 110 valence electrons. The summed E-state index contributed by atoms with van der Waals surface area (Å²) in [6.07, 6.45) is 3.20. The van der Waals surface area contributed by atoms with E-state index in [1.807, 2.05) is 0 Å². The molecule has 0 aromatic heterocycles. The lowest BCUT2D eigenvalue weighted by Crippen LogP contribution is -2.10. The van der Waals surface area contributed by atoms with E-state index in [9.17, 15) is 0 Å². The van der Waals surface area contributed by atoms with Gasteiger partial charge in [0.15, 0.2) is 0 Å². The molecule has 1 nitrogen and oxygen atoms in total. The van der Waals surface area contributed by atoms with Crippen molar-refractivity contribution in [3.05, 3.63) is 59.2 Å². The number of thioether (sulfide) groups is 1. The molecule has 2 heteroatoms. The van der Waals surface area contributed by atoms with Crippen LogP contribution in [0.1, 0.15) is 43.5 Å². The van der Waals surface area contributed by atoms with Crippen LogP contribution in [-0.2, 0) is 11.8 Å². The van der Waals surface area contributed by atoms with Gasteiger partial charge < -0.3 is 5.32 Å². The molecular formula is C19H23NS. The second-order valence-electron chi connectivity index (χ2n) is 6.80. The van der Waals surface area contributed by atoms with Crippen LogP contribution in [0.2, 0.25) is 0 Å². The second kappa shape index (κ2) is 5.42. The zero-order chi connectivity index (χ0) is 15.0. The van der Waals surface area contributed by atoms with Crippen molar-refractivity contribution in [2.45, 2.75) is 43.5 Å². The maximum atomic E-state index is 3.66. The number of hydrogen-bond acceptors (Lipinski definition) is 2. The number of benzene rings is 2. The van der Waals surface area contributed by atoms with Crippen LogP contribution in [0, 0.1) is 0 Å². The molecule has 0 saturated heterocycles. The zero-order valence-electron chi connectivity index (χ0n) is 13.2. The number of hydrogen-bond donors (Lipinski definition) is 1. The minimum Gasteiger partial charge on any atom is -0.378 e. The van der Waals surface area contributed by atoms with E-state index >= 15 is 0 Å². The largest absolute Gasteiger partial charge is 0.378 e. The summed E-state index contributed by atoms with van der Waals surface area (Å²) in [5.74, 6) is 0. The molecule has 0 aliphatic carbocycles. The SMILES string of the molecule is CSc1ccc(C2Cc3cc(C(C)(C)C)ccc3N2)cc1. The molecular weight excluding hydrogens is 274 g/mol. The molecule has 1 heterocycles. The average molecular weight is 297 g/mol. The zero-order valence-corrected chi connectivity index (χ0v) is 14.1. The van der Waals surface area contributed by atoms with Crippen molar-refractivity contribution >= 4 is 17.4 Å². The molecule has 0 saturated carbocycles. The van der Waals surface area contributed by atoms with Gasteiger partial charge in [0.05, 0.1) is 6.04 Å². The molecule has 21 heavy (non-hydrogen) atoms. The molecule has 0 bridgehead atoms. The first kappa shape index (κ1) is 14.5. The maximum Gasteiger partial charge on any atom is 0.0555 e. The van der Waals surface area contributed by atoms with Gasteiger partial charge in [-0.05, 0) is 53.0 Å². The Kier molecular flexibility index (Phi) is 3.75. The lowest BCUT2D eigenvalue weighted by atomic mass is 9.85. The first-order valence-electron chi connectivity index (χ1n) is 7.51. The highest BCUT2D eigenvalue weighted by Crippen LogP contribution is 2.37. The number of rotatable bonds is 2. The van der Waals surface area contributed by atoms with Crippen LogP contribution in [-0.4, -0.2) is 6.26 Å². The summed E-state index contributed by atoms with van der Waals surface area (Å²) in [4.78, 5) is 1.32. The topological polar surface area (TPSA) is 12.0 Å². The summed E-state index contributed by atoms with van der Waals surface area (Å²) in [6.45, 7) is 6.82. The Morgan fingerprint density at radius 2 is 1.76 bits per heavy atom. The van der Waals surface area contributed by atoms with Crippen LogP contribution >= 0.6 is 11.8 Å². The Labute approximate surface area is 132 Å². The van der Waals surface area contributed by atoms with Crippen molar-refractivity contribution in [2.75, 3.05) is 11.6 Å². The Hall–Kier alpha value is -1.41. The maximum absolute atomic E-state index is 3.66. The minimum atomic E-state index is 0.215. The van der Waals surface area contributed by atoms with E-state index in [2.05, 4.69) is 74.8 Å². The highest BCUT2D eigenvalue weighted by molar-refractivity contribution is 7.98. The van der Waals surface area contributed by atoms with Crippen LogP contribution in [0.3, 0.4) is 0 Å². The summed E-state index contributed by atoms with van der Waals surface area (Å²) >= 11 is 1.79. The average Bonchev–Trinajstić information content (AvgIpc) is 2.89. The summed E-state index contributed by atoms with van der Waals surface area (Å²) in [7, 11) is 0. The molecule has 2 aromatic carbocycles. The Balaban J connectivity index is 1.83. The standard InChI is InChI=1S/C19H23NS/c1-19(2,3)15-7-10-17-14(11-15)12-18(20-17)13-5-8-16(21-4)9-6-13/h5-11,18,20H,12H2,1-4H3. The van der Waals surface area contributed by atoms with Crippen molar-refractivity contribution in [1.82, 2.24) is 0 Å². The Morgan fingerprint density at radius 1 is 1.05 bits per heavy atom. The first-order valence-corrected chi connectivity index (χ1v) is 8.74. The molecule has 1 atom stereocenters. The molecule has 2 aromatic rings. The van der Waals surface area contributed by atoms with E-state index in [1.54, 1.807) is 11.8 Å². The minimum absolute atomic E-state index is 0.215. The number of nitrogens with one attached hydrogen (secondary N) is 1.